The molecule has 0 aliphatic heterocycles. The summed E-state index contributed by atoms with van der Waals surface area (Å²) in [4.78, 5) is 30.4. The van der Waals surface area contributed by atoms with Crippen molar-refractivity contribution in [3.63, 3.8) is 0 Å². The number of benzene rings is 1. The topological polar surface area (TPSA) is 62.3 Å². The standard InChI is InChI=1S/C18H20ClN3O2/c1-3-4-10-22(2)18(24)16-11-13(8-9-20-16)17(23)21-15-7-5-6-14(19)12-15/h5-9,11-12H,3-4,10H2,1-2H3,(H,21,23). The molecule has 1 aromatic heterocycles. The van der Waals surface area contributed by atoms with Gasteiger partial charge in [-0.2, -0.15) is 0 Å². The highest BCUT2D eigenvalue weighted by atomic mass is 35.5. The molecule has 0 saturated carbocycles. The molecular formula is C18H20ClN3O2. The Kier molecular flexibility index (Phi) is 6.32. The molecule has 1 heterocycles. The van der Waals surface area contributed by atoms with E-state index in [1.54, 1.807) is 42.3 Å². The number of amides is 2. The fraction of sp³-hybridized carbons (Fsp3) is 0.278. The van der Waals surface area contributed by atoms with Crippen molar-refractivity contribution in [2.24, 2.45) is 0 Å². The summed E-state index contributed by atoms with van der Waals surface area (Å²) in [7, 11) is 1.73. The second-order valence-electron chi connectivity index (χ2n) is 5.47. The summed E-state index contributed by atoms with van der Waals surface area (Å²) in [5, 5.41) is 3.29. The van der Waals surface area contributed by atoms with Crippen LogP contribution in [0.15, 0.2) is 42.6 Å². The van der Waals surface area contributed by atoms with Crippen LogP contribution in [0.1, 0.15) is 40.6 Å². The van der Waals surface area contributed by atoms with Gasteiger partial charge in [-0.3, -0.25) is 14.6 Å². The number of carbonyl (C=O) groups excluding carboxylic acids is 2. The number of halogens is 1. The van der Waals surface area contributed by atoms with E-state index in [2.05, 4.69) is 17.2 Å². The van der Waals surface area contributed by atoms with Gasteiger partial charge in [0.2, 0.25) is 0 Å². The second kappa shape index (κ2) is 8.45. The number of anilines is 1. The van der Waals surface area contributed by atoms with Gasteiger partial charge in [0, 0.05) is 36.1 Å². The maximum Gasteiger partial charge on any atom is 0.272 e. The molecule has 0 radical (unpaired) electrons. The number of nitrogens with one attached hydrogen (secondary N) is 1. The lowest BCUT2D eigenvalue weighted by Gasteiger charge is -2.16. The molecule has 1 N–H and O–H groups in total. The molecule has 0 aliphatic rings. The summed E-state index contributed by atoms with van der Waals surface area (Å²) in [6.45, 7) is 2.73. The minimum absolute atomic E-state index is 0.194. The first-order valence-corrected chi connectivity index (χ1v) is 8.17. The normalized spacial score (nSPS) is 10.3. The van der Waals surface area contributed by atoms with Crippen molar-refractivity contribution < 1.29 is 9.59 Å². The van der Waals surface area contributed by atoms with E-state index < -0.39 is 0 Å². The molecule has 0 aliphatic carbocycles. The predicted octanol–water partition coefficient (Wildman–Crippen LogP) is 3.86. The monoisotopic (exact) mass is 345 g/mol. The molecule has 5 nitrogen and oxygen atoms in total. The first kappa shape index (κ1) is 17.9. The Labute approximate surface area is 146 Å². The lowest BCUT2D eigenvalue weighted by atomic mass is 10.2. The van der Waals surface area contributed by atoms with Crippen LogP contribution in [0.25, 0.3) is 0 Å². The Morgan fingerprint density at radius 3 is 2.75 bits per heavy atom. The molecule has 0 spiro atoms. The van der Waals surface area contributed by atoms with Gasteiger partial charge in [0.15, 0.2) is 0 Å². The maximum absolute atomic E-state index is 12.3. The van der Waals surface area contributed by atoms with Gasteiger partial charge in [0.1, 0.15) is 5.69 Å². The number of unbranched alkanes of at least 4 members (excludes halogenated alkanes) is 1. The van der Waals surface area contributed by atoms with E-state index in [1.165, 1.54) is 12.3 Å². The molecule has 0 fully saturated rings. The number of carbonyl (C=O) groups is 2. The van der Waals surface area contributed by atoms with E-state index >= 15 is 0 Å². The number of nitrogens with zero attached hydrogens (tertiary/aromatic N) is 2. The number of aromatic nitrogens is 1. The van der Waals surface area contributed by atoms with E-state index in [4.69, 9.17) is 11.6 Å². The number of hydrogen-bond acceptors (Lipinski definition) is 3. The van der Waals surface area contributed by atoms with Crippen LogP contribution >= 0.6 is 11.6 Å². The van der Waals surface area contributed by atoms with E-state index in [-0.39, 0.29) is 17.5 Å². The molecule has 2 aromatic rings. The summed E-state index contributed by atoms with van der Waals surface area (Å²) in [5.41, 5.74) is 1.22. The van der Waals surface area contributed by atoms with Crippen molar-refractivity contribution >= 4 is 29.1 Å². The van der Waals surface area contributed by atoms with Gasteiger partial charge in [0.25, 0.3) is 11.8 Å². The summed E-state index contributed by atoms with van der Waals surface area (Å²) in [6.07, 6.45) is 3.40. The van der Waals surface area contributed by atoms with Crippen molar-refractivity contribution in [2.75, 3.05) is 18.9 Å². The highest BCUT2D eigenvalue weighted by molar-refractivity contribution is 6.31. The predicted molar refractivity (Wildman–Crippen MR) is 95.5 cm³/mol. The Balaban J connectivity index is 2.11. The second-order valence-corrected chi connectivity index (χ2v) is 5.91. The number of pyridine rings is 1. The number of hydrogen-bond donors (Lipinski definition) is 1. The molecule has 0 saturated heterocycles. The van der Waals surface area contributed by atoms with Gasteiger partial charge in [-0.15, -0.1) is 0 Å². The van der Waals surface area contributed by atoms with Gasteiger partial charge in [0.05, 0.1) is 0 Å². The lowest BCUT2D eigenvalue weighted by molar-refractivity contribution is 0.0787. The molecule has 2 rings (SSSR count). The molecule has 0 bridgehead atoms. The molecule has 24 heavy (non-hydrogen) atoms. The molecular weight excluding hydrogens is 326 g/mol. The van der Waals surface area contributed by atoms with Crippen molar-refractivity contribution in [2.45, 2.75) is 19.8 Å². The van der Waals surface area contributed by atoms with Gasteiger partial charge in [-0.25, -0.2) is 0 Å². The first-order chi connectivity index (χ1) is 11.5. The largest absolute Gasteiger partial charge is 0.340 e. The minimum atomic E-state index is -0.315. The highest BCUT2D eigenvalue weighted by Crippen LogP contribution is 2.16. The van der Waals surface area contributed by atoms with Crippen molar-refractivity contribution in [1.29, 1.82) is 0 Å². The third-order valence-electron chi connectivity index (χ3n) is 3.52. The van der Waals surface area contributed by atoms with Crippen LogP contribution in [-0.2, 0) is 0 Å². The zero-order chi connectivity index (χ0) is 17.5. The third kappa shape index (κ3) is 4.80. The summed E-state index contributed by atoms with van der Waals surface area (Å²) in [5.74, 6) is -0.509. The van der Waals surface area contributed by atoms with Crippen LogP contribution in [0.4, 0.5) is 5.69 Å². The van der Waals surface area contributed by atoms with E-state index in [9.17, 15) is 9.59 Å². The van der Waals surface area contributed by atoms with Gasteiger partial charge in [-0.1, -0.05) is 31.0 Å². The Morgan fingerprint density at radius 2 is 2.04 bits per heavy atom. The average molecular weight is 346 g/mol. The van der Waals surface area contributed by atoms with Gasteiger partial charge >= 0.3 is 0 Å². The smallest absolute Gasteiger partial charge is 0.272 e. The molecule has 6 heteroatoms. The summed E-state index contributed by atoms with van der Waals surface area (Å²) in [6, 6.07) is 9.96. The maximum atomic E-state index is 12.3. The van der Waals surface area contributed by atoms with E-state index in [0.717, 1.165) is 12.8 Å². The molecule has 0 unspecified atom stereocenters. The van der Waals surface area contributed by atoms with Gasteiger partial charge in [-0.05, 0) is 36.8 Å². The summed E-state index contributed by atoms with van der Waals surface area (Å²) >= 11 is 5.91. The van der Waals surface area contributed by atoms with Crippen LogP contribution in [0.5, 0.6) is 0 Å². The average Bonchev–Trinajstić information content (AvgIpc) is 2.59. The highest BCUT2D eigenvalue weighted by Gasteiger charge is 2.15. The zero-order valence-corrected chi connectivity index (χ0v) is 14.5. The van der Waals surface area contributed by atoms with E-state index in [0.29, 0.717) is 22.8 Å². The Bertz CT molecular complexity index is 734. The fourth-order valence-electron chi connectivity index (χ4n) is 2.15. The third-order valence-corrected chi connectivity index (χ3v) is 3.75. The lowest BCUT2D eigenvalue weighted by Crippen LogP contribution is -2.28. The summed E-state index contributed by atoms with van der Waals surface area (Å²) < 4.78 is 0. The van der Waals surface area contributed by atoms with E-state index in [1.807, 2.05) is 0 Å². The Morgan fingerprint density at radius 1 is 1.25 bits per heavy atom. The van der Waals surface area contributed by atoms with Gasteiger partial charge < -0.3 is 10.2 Å². The fourth-order valence-corrected chi connectivity index (χ4v) is 2.34. The van der Waals surface area contributed by atoms with Crippen LogP contribution in [-0.4, -0.2) is 35.3 Å². The SMILES string of the molecule is CCCCN(C)C(=O)c1cc(C(=O)Nc2cccc(Cl)c2)ccn1. The molecule has 1 aromatic carbocycles. The molecule has 126 valence electrons. The molecule has 0 atom stereocenters. The van der Waals surface area contributed by atoms with Crippen LogP contribution in [0.3, 0.4) is 0 Å². The quantitative estimate of drug-likeness (QED) is 0.864. The van der Waals surface area contributed by atoms with Crippen LogP contribution in [0, 0.1) is 0 Å². The van der Waals surface area contributed by atoms with Crippen molar-refractivity contribution in [3.05, 3.63) is 58.9 Å². The number of rotatable bonds is 6. The Hall–Kier alpha value is -2.40. The van der Waals surface area contributed by atoms with Crippen molar-refractivity contribution in [1.82, 2.24) is 9.88 Å². The van der Waals surface area contributed by atoms with Crippen LogP contribution in [0.2, 0.25) is 5.02 Å². The zero-order valence-electron chi connectivity index (χ0n) is 13.8. The first-order valence-electron chi connectivity index (χ1n) is 7.79. The molecule has 2 amide bonds. The minimum Gasteiger partial charge on any atom is -0.340 e. The van der Waals surface area contributed by atoms with Crippen LogP contribution < -0.4 is 5.32 Å². The van der Waals surface area contributed by atoms with Crippen molar-refractivity contribution in [3.8, 4) is 0 Å².